The van der Waals surface area contributed by atoms with Crippen molar-refractivity contribution >= 4 is 5.78 Å². The summed E-state index contributed by atoms with van der Waals surface area (Å²) < 4.78 is 0. The maximum absolute atomic E-state index is 12.2. The fourth-order valence-electron chi connectivity index (χ4n) is 2.44. The molecule has 1 aliphatic carbocycles. The fraction of sp³-hybridized carbons (Fsp3) is 0.923. The van der Waals surface area contributed by atoms with Crippen molar-refractivity contribution in [1.82, 2.24) is 0 Å². The van der Waals surface area contributed by atoms with E-state index in [4.69, 9.17) is 5.73 Å². The van der Waals surface area contributed by atoms with Crippen LogP contribution in [0, 0.1) is 23.2 Å². The van der Waals surface area contributed by atoms with E-state index in [-0.39, 0.29) is 11.3 Å². The van der Waals surface area contributed by atoms with Crippen molar-refractivity contribution in [3.05, 3.63) is 0 Å². The summed E-state index contributed by atoms with van der Waals surface area (Å²) in [5.41, 5.74) is 5.33. The van der Waals surface area contributed by atoms with Gasteiger partial charge in [0, 0.05) is 17.9 Å². The zero-order chi connectivity index (χ0) is 11.6. The maximum Gasteiger partial charge on any atom is 0.142 e. The lowest BCUT2D eigenvalue weighted by Gasteiger charge is -2.35. The van der Waals surface area contributed by atoms with Crippen LogP contribution in [0.2, 0.25) is 0 Å². The average Bonchev–Trinajstić information content (AvgIpc) is 2.21. The number of ketones is 1. The molecule has 0 spiro atoms. The van der Waals surface area contributed by atoms with Gasteiger partial charge < -0.3 is 5.73 Å². The summed E-state index contributed by atoms with van der Waals surface area (Å²) in [6.07, 6.45) is 3.31. The van der Waals surface area contributed by atoms with Crippen molar-refractivity contribution in [2.24, 2.45) is 28.9 Å². The summed E-state index contributed by atoms with van der Waals surface area (Å²) in [5.74, 6) is 2.09. The van der Waals surface area contributed by atoms with Crippen molar-refractivity contribution < 1.29 is 4.79 Å². The number of carbonyl (C=O) groups excluding carboxylic acids is 1. The van der Waals surface area contributed by atoms with Gasteiger partial charge >= 0.3 is 0 Å². The predicted molar refractivity (Wildman–Crippen MR) is 63.5 cm³/mol. The summed E-state index contributed by atoms with van der Waals surface area (Å²) >= 11 is 0. The van der Waals surface area contributed by atoms with E-state index in [0.29, 0.717) is 18.2 Å². The molecule has 0 radical (unpaired) electrons. The van der Waals surface area contributed by atoms with Crippen molar-refractivity contribution in [2.75, 3.05) is 6.54 Å². The number of rotatable bonds is 3. The first-order valence-corrected chi connectivity index (χ1v) is 6.13. The number of nitrogens with two attached hydrogens (primary N) is 1. The van der Waals surface area contributed by atoms with Gasteiger partial charge in [-0.15, -0.1) is 0 Å². The average molecular weight is 211 g/mol. The van der Waals surface area contributed by atoms with Gasteiger partial charge in [-0.1, -0.05) is 27.7 Å². The van der Waals surface area contributed by atoms with Crippen LogP contribution in [0.4, 0.5) is 0 Å². The highest BCUT2D eigenvalue weighted by Gasteiger charge is 2.36. The van der Waals surface area contributed by atoms with Crippen LogP contribution in [0.1, 0.15) is 47.0 Å². The van der Waals surface area contributed by atoms with Gasteiger partial charge in [-0.3, -0.25) is 4.79 Å². The van der Waals surface area contributed by atoms with Crippen LogP contribution in [-0.2, 0) is 4.79 Å². The van der Waals surface area contributed by atoms with Gasteiger partial charge in [0.25, 0.3) is 0 Å². The third-order valence-electron chi connectivity index (χ3n) is 4.15. The molecule has 1 aliphatic rings. The van der Waals surface area contributed by atoms with Gasteiger partial charge in [0.1, 0.15) is 5.78 Å². The quantitative estimate of drug-likeness (QED) is 0.779. The Kier molecular flexibility index (Phi) is 3.93. The van der Waals surface area contributed by atoms with E-state index in [1.807, 2.05) is 13.8 Å². The van der Waals surface area contributed by atoms with Gasteiger partial charge in [-0.25, -0.2) is 0 Å². The molecule has 2 N–H and O–H groups in total. The first-order valence-electron chi connectivity index (χ1n) is 6.13. The molecule has 1 rings (SSSR count). The van der Waals surface area contributed by atoms with Crippen LogP contribution >= 0.6 is 0 Å². The first-order chi connectivity index (χ1) is 6.88. The Morgan fingerprint density at radius 2 is 1.87 bits per heavy atom. The van der Waals surface area contributed by atoms with Gasteiger partial charge in [-0.05, 0) is 31.1 Å². The van der Waals surface area contributed by atoms with E-state index in [0.717, 1.165) is 18.8 Å². The van der Waals surface area contributed by atoms with Gasteiger partial charge in [-0.2, -0.15) is 0 Å². The Bertz CT molecular complexity index is 235. The number of hydrogen-bond acceptors (Lipinski definition) is 2. The molecule has 0 heterocycles. The van der Waals surface area contributed by atoms with Crippen molar-refractivity contribution in [3.63, 3.8) is 0 Å². The molecule has 0 saturated heterocycles. The third-order valence-corrected chi connectivity index (χ3v) is 4.15. The summed E-state index contributed by atoms with van der Waals surface area (Å²) in [6, 6.07) is 0. The molecule has 3 atom stereocenters. The second-order valence-electron chi connectivity index (χ2n) is 5.92. The van der Waals surface area contributed by atoms with Crippen molar-refractivity contribution in [2.45, 2.75) is 47.0 Å². The lowest BCUT2D eigenvalue weighted by Crippen LogP contribution is -2.39. The van der Waals surface area contributed by atoms with Gasteiger partial charge in [0.15, 0.2) is 0 Å². The Labute approximate surface area is 93.6 Å². The smallest absolute Gasteiger partial charge is 0.142 e. The van der Waals surface area contributed by atoms with Crippen LogP contribution in [0.15, 0.2) is 0 Å². The molecule has 0 aromatic heterocycles. The molecule has 0 aliphatic heterocycles. The summed E-state index contributed by atoms with van der Waals surface area (Å²) in [7, 11) is 0. The molecule has 2 heteroatoms. The second kappa shape index (κ2) is 4.65. The minimum absolute atomic E-state index is 0.259. The Morgan fingerprint density at radius 1 is 1.27 bits per heavy atom. The lowest BCUT2D eigenvalue weighted by atomic mass is 9.69. The Balaban J connectivity index is 2.62. The molecular formula is C13H25NO. The monoisotopic (exact) mass is 211 g/mol. The first kappa shape index (κ1) is 12.7. The topological polar surface area (TPSA) is 43.1 Å². The van der Waals surface area contributed by atoms with Crippen LogP contribution in [0.3, 0.4) is 0 Å². The second-order valence-corrected chi connectivity index (χ2v) is 5.92. The standard InChI is InChI=1S/C13H25NO/c1-9-5-6-11(7-10(9)2)12(15)13(3,4)8-14/h9-11H,5-8,14H2,1-4H3. The normalized spacial score (nSPS) is 32.7. The number of Topliss-reactive ketones (excluding diaryl/α,β-unsaturated/α-hetero) is 1. The van der Waals surface area contributed by atoms with Crippen molar-refractivity contribution in [3.8, 4) is 0 Å². The molecule has 0 aromatic carbocycles. The van der Waals surface area contributed by atoms with Gasteiger partial charge in [0.2, 0.25) is 0 Å². The van der Waals surface area contributed by atoms with E-state index < -0.39 is 0 Å². The van der Waals surface area contributed by atoms with E-state index in [9.17, 15) is 4.79 Å². The van der Waals surface area contributed by atoms with Crippen molar-refractivity contribution in [1.29, 1.82) is 0 Å². The highest BCUT2D eigenvalue weighted by atomic mass is 16.1. The summed E-state index contributed by atoms with van der Waals surface area (Å²) in [6.45, 7) is 8.96. The maximum atomic E-state index is 12.2. The molecule has 1 fully saturated rings. The molecule has 0 bridgehead atoms. The molecule has 88 valence electrons. The SMILES string of the molecule is CC1CCC(C(=O)C(C)(C)CN)CC1C. The van der Waals surface area contributed by atoms with E-state index in [2.05, 4.69) is 13.8 Å². The third kappa shape index (κ3) is 2.81. The van der Waals surface area contributed by atoms with E-state index in [1.54, 1.807) is 0 Å². The van der Waals surface area contributed by atoms with E-state index in [1.165, 1.54) is 6.42 Å². The van der Waals surface area contributed by atoms with E-state index >= 15 is 0 Å². The minimum Gasteiger partial charge on any atom is -0.329 e. The number of hydrogen-bond donors (Lipinski definition) is 1. The van der Waals surface area contributed by atoms with Crippen LogP contribution in [-0.4, -0.2) is 12.3 Å². The molecule has 0 amide bonds. The Morgan fingerprint density at radius 3 is 2.33 bits per heavy atom. The lowest BCUT2D eigenvalue weighted by molar-refractivity contribution is -0.132. The largest absolute Gasteiger partial charge is 0.329 e. The van der Waals surface area contributed by atoms with Crippen LogP contribution in [0.25, 0.3) is 0 Å². The molecule has 3 unspecified atom stereocenters. The minimum atomic E-state index is -0.328. The highest BCUT2D eigenvalue weighted by Crippen LogP contribution is 2.36. The van der Waals surface area contributed by atoms with Gasteiger partial charge in [0.05, 0.1) is 0 Å². The molecule has 15 heavy (non-hydrogen) atoms. The molecular weight excluding hydrogens is 186 g/mol. The van der Waals surface area contributed by atoms with Crippen LogP contribution in [0.5, 0.6) is 0 Å². The number of carbonyl (C=O) groups is 1. The molecule has 0 aromatic rings. The Hall–Kier alpha value is -0.370. The summed E-state index contributed by atoms with van der Waals surface area (Å²) in [4.78, 5) is 12.2. The highest BCUT2D eigenvalue weighted by molar-refractivity contribution is 5.86. The fourth-order valence-corrected chi connectivity index (χ4v) is 2.44. The molecule has 1 saturated carbocycles. The molecule has 2 nitrogen and oxygen atoms in total. The van der Waals surface area contributed by atoms with Crippen LogP contribution < -0.4 is 5.73 Å². The summed E-state index contributed by atoms with van der Waals surface area (Å²) in [5, 5.41) is 0. The predicted octanol–water partition coefficient (Wildman–Crippen LogP) is 2.61. The zero-order valence-corrected chi connectivity index (χ0v) is 10.5. The zero-order valence-electron chi connectivity index (χ0n) is 10.5.